The molecule has 6 heteroatoms. The van der Waals surface area contributed by atoms with Crippen molar-refractivity contribution in [2.45, 2.75) is 61.5 Å². The first-order valence-corrected chi connectivity index (χ1v) is 12.8. The maximum atomic E-state index is 13.8. The van der Waals surface area contributed by atoms with Gasteiger partial charge in [0.05, 0.1) is 4.75 Å². The van der Waals surface area contributed by atoms with Crippen molar-refractivity contribution < 1.29 is 14.1 Å². The number of anilines is 1. The number of rotatable bonds is 4. The maximum absolute atomic E-state index is 13.8. The fraction of sp³-hybridized carbons (Fsp3) is 0.333. The van der Waals surface area contributed by atoms with Crippen molar-refractivity contribution in [2.24, 2.45) is 5.41 Å². The molecule has 1 N–H and O–H groups in total. The van der Waals surface area contributed by atoms with Crippen LogP contribution in [-0.4, -0.2) is 28.3 Å². The number of aryl methyl sites for hydroxylation is 1. The van der Waals surface area contributed by atoms with Gasteiger partial charge in [-0.2, -0.15) is 0 Å². The van der Waals surface area contributed by atoms with Gasteiger partial charge in [-0.15, -0.1) is 0 Å². The summed E-state index contributed by atoms with van der Waals surface area (Å²) in [6, 6.07) is 22.2. The summed E-state index contributed by atoms with van der Waals surface area (Å²) in [5.74, 6) is 0.182. The molecule has 1 amide bonds. The number of fused-ring (bicyclic) bond motifs is 1. The normalized spacial score (nSPS) is 29.2. The number of benzene rings is 2. The summed E-state index contributed by atoms with van der Waals surface area (Å²) < 4.78 is 6.75. The molecule has 0 radical (unpaired) electrons. The number of aliphatic hydroxyl groups excluding tert-OH is 1. The first-order chi connectivity index (χ1) is 15.6. The zero-order valence-electron chi connectivity index (χ0n) is 19.6. The Hall–Kier alpha value is -2.67. The third-order valence-electron chi connectivity index (χ3n) is 7.07. The fourth-order valence-electron chi connectivity index (χ4n) is 5.04. The van der Waals surface area contributed by atoms with E-state index >= 15 is 0 Å². The number of carbonyl (C=O) groups excluding carboxylic acids is 1. The Balaban J connectivity index is 1.63. The smallest absolute Gasteiger partial charge is 0.261 e. The molecule has 172 valence electrons. The number of amides is 1. The van der Waals surface area contributed by atoms with Crippen molar-refractivity contribution in [1.82, 2.24) is 4.98 Å². The second kappa shape index (κ2) is 7.42. The van der Waals surface area contributed by atoms with Gasteiger partial charge in [-0.1, -0.05) is 66.6 Å². The summed E-state index contributed by atoms with van der Waals surface area (Å²) in [4.78, 5) is 21.8. The van der Waals surface area contributed by atoms with Crippen LogP contribution in [0.1, 0.15) is 38.8 Å². The molecule has 5 rings (SSSR count). The van der Waals surface area contributed by atoms with Crippen molar-refractivity contribution in [3.05, 3.63) is 84.1 Å². The fourth-order valence-corrected chi connectivity index (χ4v) is 9.29. The number of pyridine rings is 1. The topological polar surface area (TPSA) is 62.7 Å². The van der Waals surface area contributed by atoms with E-state index in [1.165, 1.54) is 10.5 Å². The predicted octanol–water partition coefficient (Wildman–Crippen LogP) is 5.55. The lowest BCUT2D eigenvalue weighted by Crippen LogP contribution is -2.45. The molecule has 0 spiro atoms. The Labute approximate surface area is 197 Å². The highest BCUT2D eigenvalue weighted by Crippen LogP contribution is 2.84. The number of hydrogen-bond donors (Lipinski definition) is 1. The molecule has 2 aliphatic heterocycles. The van der Waals surface area contributed by atoms with Crippen LogP contribution in [0.4, 0.5) is 5.82 Å². The highest BCUT2D eigenvalue weighted by molar-refractivity contribution is 8.31. The van der Waals surface area contributed by atoms with E-state index in [2.05, 4.69) is 43.1 Å². The molecule has 0 aliphatic carbocycles. The minimum Gasteiger partial charge on any atom is -0.372 e. The van der Waals surface area contributed by atoms with Crippen LogP contribution in [0.2, 0.25) is 0 Å². The van der Waals surface area contributed by atoms with Crippen molar-refractivity contribution >= 4 is 22.0 Å². The second-order valence-electron chi connectivity index (χ2n) is 9.95. The van der Waals surface area contributed by atoms with Gasteiger partial charge in [-0.05, 0) is 56.2 Å². The molecule has 2 aliphatic rings. The molecule has 0 saturated carbocycles. The van der Waals surface area contributed by atoms with E-state index in [-0.39, 0.29) is 10.7 Å². The van der Waals surface area contributed by atoms with E-state index in [9.17, 15) is 9.90 Å². The van der Waals surface area contributed by atoms with Gasteiger partial charge < -0.3 is 9.29 Å². The molecular weight excluding hydrogens is 432 g/mol. The molecule has 1 aromatic heterocycles. The molecule has 3 atom stereocenters. The Morgan fingerprint density at radius 2 is 1.64 bits per heavy atom. The standard InChI is InChI=1S/C27H30N2O3S/c1-18-15-16-22(28-17-18)29-24(30)23(26(2,3)25(29)31)32-33(19-11-7-6-8-12-19)21-14-10-9-13-20(21)27(33,4)5/h6-17,23,25,31H,1-5H3. The number of aliphatic hydroxyl groups is 1. The third kappa shape index (κ3) is 2.94. The zero-order chi connectivity index (χ0) is 23.6. The van der Waals surface area contributed by atoms with E-state index in [0.717, 1.165) is 15.4 Å². The minimum absolute atomic E-state index is 0.258. The number of hydrogen-bond acceptors (Lipinski definition) is 4. The van der Waals surface area contributed by atoms with Crippen molar-refractivity contribution in [2.75, 3.05) is 4.90 Å². The third-order valence-corrected chi connectivity index (χ3v) is 11.1. The van der Waals surface area contributed by atoms with Gasteiger partial charge in [0.15, 0.2) is 6.10 Å². The Morgan fingerprint density at radius 1 is 0.970 bits per heavy atom. The lowest BCUT2D eigenvalue weighted by Gasteiger charge is -2.62. The molecule has 33 heavy (non-hydrogen) atoms. The lowest BCUT2D eigenvalue weighted by atomic mass is 9.88. The van der Waals surface area contributed by atoms with Crippen LogP contribution in [0.3, 0.4) is 0 Å². The highest BCUT2D eigenvalue weighted by atomic mass is 32.3. The summed E-state index contributed by atoms with van der Waals surface area (Å²) in [6.07, 6.45) is -0.160. The molecule has 0 bridgehead atoms. The Kier molecular flexibility index (Phi) is 4.98. The predicted molar refractivity (Wildman–Crippen MR) is 131 cm³/mol. The minimum atomic E-state index is -2.01. The van der Waals surface area contributed by atoms with Gasteiger partial charge in [0.1, 0.15) is 12.0 Å². The monoisotopic (exact) mass is 462 g/mol. The zero-order valence-corrected chi connectivity index (χ0v) is 20.5. The van der Waals surface area contributed by atoms with Crippen LogP contribution in [0, 0.1) is 12.3 Å². The van der Waals surface area contributed by atoms with Gasteiger partial charge in [-0.3, -0.25) is 9.69 Å². The van der Waals surface area contributed by atoms with Gasteiger partial charge in [-0.25, -0.2) is 4.98 Å². The molecule has 1 saturated heterocycles. The van der Waals surface area contributed by atoms with E-state index in [4.69, 9.17) is 4.18 Å². The largest absolute Gasteiger partial charge is 0.372 e. The van der Waals surface area contributed by atoms with E-state index in [0.29, 0.717) is 5.82 Å². The Morgan fingerprint density at radius 3 is 2.30 bits per heavy atom. The summed E-state index contributed by atoms with van der Waals surface area (Å²) in [5.41, 5.74) is 1.40. The SMILES string of the molecule is Cc1ccc(N2C(=O)C(OS3(c4ccccc4)c4ccccc4C3(C)C)C(C)(C)C2O)nc1. The van der Waals surface area contributed by atoms with Gasteiger partial charge >= 0.3 is 0 Å². The second-order valence-corrected chi connectivity index (χ2v) is 13.2. The van der Waals surface area contributed by atoms with E-state index < -0.39 is 28.1 Å². The van der Waals surface area contributed by atoms with Gasteiger partial charge in [0.2, 0.25) is 0 Å². The van der Waals surface area contributed by atoms with Crippen molar-refractivity contribution in [3.63, 3.8) is 0 Å². The molecule has 1 fully saturated rings. The summed E-state index contributed by atoms with van der Waals surface area (Å²) >= 11 is 0. The molecule has 5 nitrogen and oxygen atoms in total. The van der Waals surface area contributed by atoms with E-state index in [1.54, 1.807) is 12.3 Å². The van der Waals surface area contributed by atoms with Crippen LogP contribution in [0.25, 0.3) is 0 Å². The van der Waals surface area contributed by atoms with Crippen LogP contribution < -0.4 is 4.90 Å². The number of nitrogens with zero attached hydrogens (tertiary/aromatic N) is 2. The Bertz CT molecular complexity index is 1210. The van der Waals surface area contributed by atoms with Crippen LogP contribution >= 0.6 is 10.3 Å². The summed E-state index contributed by atoms with van der Waals surface area (Å²) in [6.45, 7) is 10.1. The molecule has 2 aromatic carbocycles. The van der Waals surface area contributed by atoms with Crippen LogP contribution in [0.15, 0.2) is 82.7 Å². The average Bonchev–Trinajstić information content (AvgIpc) is 2.97. The first-order valence-electron chi connectivity index (χ1n) is 11.2. The first kappa shape index (κ1) is 22.1. The van der Waals surface area contributed by atoms with E-state index in [1.807, 2.05) is 57.2 Å². The van der Waals surface area contributed by atoms with Crippen LogP contribution in [0.5, 0.6) is 0 Å². The maximum Gasteiger partial charge on any atom is 0.261 e. The van der Waals surface area contributed by atoms with Gasteiger partial charge in [0, 0.05) is 21.4 Å². The summed E-state index contributed by atoms with van der Waals surface area (Å²) in [5, 5.41) is 11.3. The number of aromatic nitrogens is 1. The van der Waals surface area contributed by atoms with Gasteiger partial charge in [0.25, 0.3) is 5.91 Å². The molecule has 3 heterocycles. The van der Waals surface area contributed by atoms with Crippen LogP contribution in [-0.2, 0) is 13.7 Å². The highest BCUT2D eigenvalue weighted by Gasteiger charge is 2.63. The number of carbonyl (C=O) groups is 1. The molecular formula is C27H30N2O3S. The average molecular weight is 463 g/mol. The summed E-state index contributed by atoms with van der Waals surface area (Å²) in [7, 11) is -2.01. The van der Waals surface area contributed by atoms with Crippen molar-refractivity contribution in [1.29, 1.82) is 0 Å². The lowest BCUT2D eigenvalue weighted by molar-refractivity contribution is -0.125. The molecule has 3 unspecified atom stereocenters. The van der Waals surface area contributed by atoms with Crippen molar-refractivity contribution in [3.8, 4) is 0 Å². The molecule has 3 aromatic rings. The quantitative estimate of drug-likeness (QED) is 0.552.